The lowest BCUT2D eigenvalue weighted by Gasteiger charge is -2.34. The van der Waals surface area contributed by atoms with E-state index >= 15 is 0 Å². The van der Waals surface area contributed by atoms with Crippen molar-refractivity contribution in [3.8, 4) is 0 Å². The van der Waals surface area contributed by atoms with E-state index < -0.39 is 11.9 Å². The number of hydrogen-bond acceptors (Lipinski definition) is 4. The van der Waals surface area contributed by atoms with Crippen LogP contribution in [-0.4, -0.2) is 52.0 Å². The highest BCUT2D eigenvalue weighted by Crippen LogP contribution is 2.14. The second-order valence-corrected chi connectivity index (χ2v) is 5.58. The quantitative estimate of drug-likeness (QED) is 0.876. The molecule has 1 aromatic rings. The fraction of sp³-hybridized carbons (Fsp3) is 0.533. The minimum absolute atomic E-state index is 0.0173. The summed E-state index contributed by atoms with van der Waals surface area (Å²) in [6.07, 6.45) is 3.18. The van der Waals surface area contributed by atoms with Crippen LogP contribution in [0.5, 0.6) is 0 Å². The first kappa shape index (κ1) is 15.4. The van der Waals surface area contributed by atoms with Gasteiger partial charge in [0.05, 0.1) is 5.56 Å². The van der Waals surface area contributed by atoms with Crippen LogP contribution in [0.25, 0.3) is 0 Å². The van der Waals surface area contributed by atoms with Crippen molar-refractivity contribution in [1.82, 2.24) is 15.2 Å². The van der Waals surface area contributed by atoms with E-state index in [-0.39, 0.29) is 17.3 Å². The molecule has 0 atom stereocenters. The van der Waals surface area contributed by atoms with Gasteiger partial charge < -0.3 is 15.3 Å². The van der Waals surface area contributed by atoms with Crippen molar-refractivity contribution in [2.45, 2.75) is 38.8 Å². The molecule has 6 nitrogen and oxygen atoms in total. The molecule has 1 amide bonds. The standard InChI is InChI=1S/C15H21N3O3/c1-10(2)18-8-5-11(6-9-18)17-14(19)13-12(15(20)21)4-3-7-16-13/h3-4,7,10-11H,5-6,8-9H2,1-2H3,(H,17,19)(H,20,21). The number of carbonyl (C=O) groups is 2. The van der Waals surface area contributed by atoms with Crippen molar-refractivity contribution in [3.05, 3.63) is 29.6 Å². The highest BCUT2D eigenvalue weighted by molar-refractivity contribution is 6.03. The first-order chi connectivity index (χ1) is 9.99. The fourth-order valence-electron chi connectivity index (χ4n) is 2.57. The van der Waals surface area contributed by atoms with E-state index in [0.717, 1.165) is 25.9 Å². The molecule has 1 aliphatic heterocycles. The third-order valence-corrected chi connectivity index (χ3v) is 3.85. The molecule has 114 valence electrons. The number of piperidine rings is 1. The zero-order chi connectivity index (χ0) is 15.4. The number of carboxylic acid groups (broad SMARTS) is 1. The van der Waals surface area contributed by atoms with Gasteiger partial charge in [0.25, 0.3) is 5.91 Å². The van der Waals surface area contributed by atoms with Gasteiger partial charge in [-0.2, -0.15) is 0 Å². The van der Waals surface area contributed by atoms with Crippen LogP contribution in [0.3, 0.4) is 0 Å². The Morgan fingerprint density at radius 3 is 2.62 bits per heavy atom. The Bertz CT molecular complexity index is 523. The van der Waals surface area contributed by atoms with Crippen molar-refractivity contribution in [3.63, 3.8) is 0 Å². The van der Waals surface area contributed by atoms with E-state index in [9.17, 15) is 9.59 Å². The Morgan fingerprint density at radius 1 is 1.38 bits per heavy atom. The lowest BCUT2D eigenvalue weighted by atomic mass is 10.0. The second kappa shape index (κ2) is 6.67. The number of carbonyl (C=O) groups excluding carboxylic acids is 1. The number of likely N-dealkylation sites (tertiary alicyclic amines) is 1. The average molecular weight is 291 g/mol. The summed E-state index contributed by atoms with van der Waals surface area (Å²) in [7, 11) is 0. The predicted octanol–water partition coefficient (Wildman–Crippen LogP) is 1.38. The van der Waals surface area contributed by atoms with Gasteiger partial charge in [0.1, 0.15) is 5.69 Å². The minimum Gasteiger partial charge on any atom is -0.478 e. The molecule has 0 aliphatic carbocycles. The van der Waals surface area contributed by atoms with Gasteiger partial charge in [0, 0.05) is 31.4 Å². The Morgan fingerprint density at radius 2 is 2.05 bits per heavy atom. The molecule has 21 heavy (non-hydrogen) atoms. The van der Waals surface area contributed by atoms with Gasteiger partial charge in [0.15, 0.2) is 0 Å². The first-order valence-corrected chi connectivity index (χ1v) is 7.22. The highest BCUT2D eigenvalue weighted by Gasteiger charge is 2.24. The lowest BCUT2D eigenvalue weighted by Crippen LogP contribution is -2.47. The summed E-state index contributed by atoms with van der Waals surface area (Å²) in [4.78, 5) is 29.6. The second-order valence-electron chi connectivity index (χ2n) is 5.58. The number of aromatic carboxylic acids is 1. The van der Waals surface area contributed by atoms with Crippen molar-refractivity contribution in [2.24, 2.45) is 0 Å². The number of hydrogen-bond donors (Lipinski definition) is 2. The summed E-state index contributed by atoms with van der Waals surface area (Å²) in [5, 5.41) is 12.0. The molecule has 2 N–H and O–H groups in total. The maximum absolute atomic E-state index is 12.2. The molecule has 0 radical (unpaired) electrons. The van der Waals surface area contributed by atoms with Crippen LogP contribution in [0.2, 0.25) is 0 Å². The lowest BCUT2D eigenvalue weighted by molar-refractivity contribution is 0.0688. The number of nitrogens with one attached hydrogen (secondary N) is 1. The Hall–Kier alpha value is -1.95. The van der Waals surface area contributed by atoms with Gasteiger partial charge in [-0.1, -0.05) is 0 Å². The summed E-state index contributed by atoms with van der Waals surface area (Å²) < 4.78 is 0. The molecule has 6 heteroatoms. The van der Waals surface area contributed by atoms with Crippen molar-refractivity contribution in [2.75, 3.05) is 13.1 Å². The maximum Gasteiger partial charge on any atom is 0.338 e. The molecule has 1 saturated heterocycles. The van der Waals surface area contributed by atoms with Crippen LogP contribution < -0.4 is 5.32 Å². The molecule has 2 rings (SSSR count). The molecule has 1 fully saturated rings. The molecule has 0 bridgehead atoms. The maximum atomic E-state index is 12.2. The van der Waals surface area contributed by atoms with Crippen LogP contribution in [0.1, 0.15) is 47.5 Å². The number of nitrogens with zero attached hydrogens (tertiary/aromatic N) is 2. The van der Waals surface area contributed by atoms with Crippen LogP contribution in [-0.2, 0) is 0 Å². The Labute approximate surface area is 124 Å². The van der Waals surface area contributed by atoms with Gasteiger partial charge in [0.2, 0.25) is 0 Å². The van der Waals surface area contributed by atoms with E-state index in [1.54, 1.807) is 0 Å². The SMILES string of the molecule is CC(C)N1CCC(NC(=O)c2ncccc2C(=O)O)CC1. The van der Waals surface area contributed by atoms with Crippen LogP contribution in [0.4, 0.5) is 0 Å². The highest BCUT2D eigenvalue weighted by atomic mass is 16.4. The third kappa shape index (κ3) is 3.78. The molecule has 0 spiro atoms. The van der Waals surface area contributed by atoms with Crippen LogP contribution in [0, 0.1) is 0 Å². The Kier molecular flexibility index (Phi) is 4.90. The van der Waals surface area contributed by atoms with Gasteiger partial charge in [-0.05, 0) is 38.8 Å². The third-order valence-electron chi connectivity index (χ3n) is 3.85. The van der Waals surface area contributed by atoms with Gasteiger partial charge in [-0.25, -0.2) is 4.79 Å². The largest absolute Gasteiger partial charge is 0.478 e. The summed E-state index contributed by atoms with van der Waals surface area (Å²) >= 11 is 0. The molecule has 0 unspecified atom stereocenters. The number of aromatic nitrogens is 1. The molecule has 0 aromatic carbocycles. The molecular weight excluding hydrogens is 270 g/mol. The molecular formula is C15H21N3O3. The van der Waals surface area contributed by atoms with E-state index in [1.807, 2.05) is 0 Å². The number of amides is 1. The molecule has 2 heterocycles. The number of pyridine rings is 1. The zero-order valence-corrected chi connectivity index (χ0v) is 12.4. The summed E-state index contributed by atoms with van der Waals surface area (Å²) in [6, 6.07) is 3.50. The summed E-state index contributed by atoms with van der Waals surface area (Å²) in [5.41, 5.74) is -0.0779. The first-order valence-electron chi connectivity index (χ1n) is 7.22. The van der Waals surface area contributed by atoms with Gasteiger partial charge in [-0.3, -0.25) is 9.78 Å². The molecule has 0 saturated carbocycles. The zero-order valence-electron chi connectivity index (χ0n) is 12.4. The normalized spacial score (nSPS) is 16.9. The van der Waals surface area contributed by atoms with Gasteiger partial charge in [-0.15, -0.1) is 0 Å². The summed E-state index contributed by atoms with van der Waals surface area (Å²) in [6.45, 7) is 6.20. The van der Waals surface area contributed by atoms with Crippen molar-refractivity contribution >= 4 is 11.9 Å². The number of carboxylic acids is 1. The smallest absolute Gasteiger partial charge is 0.338 e. The van der Waals surface area contributed by atoms with E-state index in [1.165, 1.54) is 18.3 Å². The van der Waals surface area contributed by atoms with E-state index in [2.05, 4.69) is 29.0 Å². The monoisotopic (exact) mass is 291 g/mol. The minimum atomic E-state index is -1.14. The predicted molar refractivity (Wildman–Crippen MR) is 78.4 cm³/mol. The number of rotatable bonds is 4. The van der Waals surface area contributed by atoms with Gasteiger partial charge >= 0.3 is 5.97 Å². The molecule has 1 aromatic heterocycles. The fourth-order valence-corrected chi connectivity index (χ4v) is 2.57. The van der Waals surface area contributed by atoms with E-state index in [0.29, 0.717) is 6.04 Å². The summed E-state index contributed by atoms with van der Waals surface area (Å²) in [5.74, 6) is -1.54. The average Bonchev–Trinajstić information content (AvgIpc) is 2.47. The van der Waals surface area contributed by atoms with E-state index in [4.69, 9.17) is 5.11 Å². The topological polar surface area (TPSA) is 82.5 Å². The van der Waals surface area contributed by atoms with Crippen LogP contribution >= 0.6 is 0 Å². The molecule has 1 aliphatic rings. The van der Waals surface area contributed by atoms with Crippen molar-refractivity contribution in [1.29, 1.82) is 0 Å². The van der Waals surface area contributed by atoms with Crippen LogP contribution in [0.15, 0.2) is 18.3 Å². The van der Waals surface area contributed by atoms with Crippen molar-refractivity contribution < 1.29 is 14.7 Å². The Balaban J connectivity index is 1.98.